The molecule has 4 rings (SSSR count). The minimum atomic E-state index is -0.0679. The number of carbonyl (C=O) groups is 1. The molecule has 0 bridgehead atoms. The van der Waals surface area contributed by atoms with Crippen LogP contribution in [0.15, 0.2) is 24.3 Å². The van der Waals surface area contributed by atoms with Gasteiger partial charge in [-0.3, -0.25) is 4.90 Å². The third kappa shape index (κ3) is 3.19. The summed E-state index contributed by atoms with van der Waals surface area (Å²) in [5.41, 5.74) is 1.00. The molecule has 1 aromatic carbocycles. The highest BCUT2D eigenvalue weighted by atomic mass is 32.1. The first-order valence-electron chi connectivity index (χ1n) is 8.42. The van der Waals surface area contributed by atoms with Crippen LogP contribution in [0.3, 0.4) is 0 Å². The highest BCUT2D eigenvalue weighted by molar-refractivity contribution is 7.18. The minimum absolute atomic E-state index is 0.0679. The quantitative estimate of drug-likeness (QED) is 0.910. The van der Waals surface area contributed by atoms with Gasteiger partial charge < -0.3 is 10.6 Å². The highest BCUT2D eigenvalue weighted by Crippen LogP contribution is 2.27. The molecule has 6 heteroatoms. The first kappa shape index (κ1) is 14.9. The number of aromatic nitrogens is 1. The molecule has 122 valence electrons. The Kier molecular flexibility index (Phi) is 4.18. The summed E-state index contributed by atoms with van der Waals surface area (Å²) in [6.45, 7) is 2.80. The van der Waals surface area contributed by atoms with Gasteiger partial charge in [0.05, 0.1) is 16.8 Å². The van der Waals surface area contributed by atoms with Crippen LogP contribution < -0.4 is 10.6 Å². The van der Waals surface area contributed by atoms with Gasteiger partial charge in [0.2, 0.25) is 0 Å². The van der Waals surface area contributed by atoms with Crippen molar-refractivity contribution in [3.8, 4) is 0 Å². The number of amides is 2. The number of hydrogen-bond donors (Lipinski definition) is 2. The number of carbonyl (C=O) groups excluding carboxylic acids is 1. The van der Waals surface area contributed by atoms with E-state index in [4.69, 9.17) is 0 Å². The van der Waals surface area contributed by atoms with Crippen LogP contribution in [0.2, 0.25) is 0 Å². The Morgan fingerprint density at radius 1 is 1.26 bits per heavy atom. The van der Waals surface area contributed by atoms with Crippen molar-refractivity contribution in [3.63, 3.8) is 0 Å². The number of hydrogen-bond acceptors (Lipinski definition) is 4. The van der Waals surface area contributed by atoms with Gasteiger partial charge in [0.25, 0.3) is 0 Å². The molecule has 2 aliphatic rings. The summed E-state index contributed by atoms with van der Waals surface area (Å²) in [6.07, 6.45) is 4.86. The lowest BCUT2D eigenvalue weighted by Crippen LogP contribution is -2.49. The van der Waals surface area contributed by atoms with E-state index in [9.17, 15) is 4.79 Å². The molecule has 0 spiro atoms. The molecule has 2 aliphatic heterocycles. The van der Waals surface area contributed by atoms with Crippen LogP contribution in [-0.4, -0.2) is 41.1 Å². The molecular weight excluding hydrogens is 308 g/mol. The van der Waals surface area contributed by atoms with Crippen LogP contribution in [0.25, 0.3) is 10.2 Å². The molecule has 3 heterocycles. The van der Waals surface area contributed by atoms with E-state index < -0.39 is 0 Å². The third-order valence-corrected chi connectivity index (χ3v) is 5.95. The first-order chi connectivity index (χ1) is 11.3. The van der Waals surface area contributed by atoms with Crippen LogP contribution in [0.5, 0.6) is 0 Å². The molecule has 2 aromatic rings. The maximum absolute atomic E-state index is 12.2. The van der Waals surface area contributed by atoms with Crippen LogP contribution in [-0.2, 0) is 6.54 Å². The number of piperidine rings is 1. The van der Waals surface area contributed by atoms with Gasteiger partial charge in [-0.2, -0.15) is 0 Å². The number of rotatable bonds is 3. The van der Waals surface area contributed by atoms with Crippen molar-refractivity contribution in [2.75, 3.05) is 13.1 Å². The van der Waals surface area contributed by atoms with E-state index in [2.05, 4.69) is 26.6 Å². The maximum atomic E-state index is 12.2. The monoisotopic (exact) mass is 330 g/mol. The number of thiazole rings is 1. The Morgan fingerprint density at radius 3 is 3.09 bits per heavy atom. The topological polar surface area (TPSA) is 57.3 Å². The lowest BCUT2D eigenvalue weighted by Gasteiger charge is -2.32. The molecule has 2 amide bonds. The summed E-state index contributed by atoms with van der Waals surface area (Å²) in [4.78, 5) is 19.3. The van der Waals surface area contributed by atoms with Gasteiger partial charge >= 0.3 is 6.03 Å². The molecule has 0 radical (unpaired) electrons. The van der Waals surface area contributed by atoms with Crippen molar-refractivity contribution in [2.24, 2.45) is 0 Å². The summed E-state index contributed by atoms with van der Waals surface area (Å²) in [5, 5.41) is 7.08. The fourth-order valence-electron chi connectivity index (χ4n) is 3.79. The fourth-order valence-corrected chi connectivity index (χ4v) is 4.69. The SMILES string of the molecule is O=C(NCc1nc2ccccc2s1)N[C@@H]1CCN2CCCC[C@@H]12. The molecule has 0 aliphatic carbocycles. The number of para-hydroxylation sites is 1. The average Bonchev–Trinajstić information content (AvgIpc) is 3.17. The molecule has 2 N–H and O–H groups in total. The van der Waals surface area contributed by atoms with Crippen molar-refractivity contribution in [2.45, 2.75) is 44.3 Å². The standard InChI is InChI=1S/C17H22N4OS/c22-17(20-12-8-10-21-9-4-3-6-14(12)21)18-11-16-19-13-5-1-2-7-15(13)23-16/h1-2,5,7,12,14H,3-4,6,8-11H2,(H2,18,20,22)/t12-,14+/m1/s1. The van der Waals surface area contributed by atoms with Crippen LogP contribution in [0.4, 0.5) is 4.79 Å². The third-order valence-electron chi connectivity index (χ3n) is 4.91. The summed E-state index contributed by atoms with van der Waals surface area (Å²) < 4.78 is 1.17. The lowest BCUT2D eigenvalue weighted by molar-refractivity contribution is 0.179. The highest BCUT2D eigenvalue weighted by Gasteiger charge is 2.36. The molecule has 2 atom stereocenters. The van der Waals surface area contributed by atoms with Gasteiger partial charge in [-0.15, -0.1) is 11.3 Å². The lowest BCUT2D eigenvalue weighted by atomic mass is 9.99. The predicted octanol–water partition coefficient (Wildman–Crippen LogP) is 2.72. The Balaban J connectivity index is 1.31. The Labute approximate surface area is 140 Å². The normalized spacial score (nSPS) is 24.5. The van der Waals surface area contributed by atoms with E-state index in [1.807, 2.05) is 18.2 Å². The van der Waals surface area contributed by atoms with Gasteiger partial charge in [-0.25, -0.2) is 9.78 Å². The number of urea groups is 1. The number of fused-ring (bicyclic) bond motifs is 2. The van der Waals surface area contributed by atoms with Crippen molar-refractivity contribution in [1.29, 1.82) is 0 Å². The zero-order valence-electron chi connectivity index (χ0n) is 13.1. The van der Waals surface area contributed by atoms with Crippen LogP contribution in [0, 0.1) is 0 Å². The van der Waals surface area contributed by atoms with Gasteiger partial charge in [-0.05, 0) is 37.9 Å². The second-order valence-corrected chi connectivity index (χ2v) is 7.51. The van der Waals surface area contributed by atoms with Crippen molar-refractivity contribution >= 4 is 27.6 Å². The molecule has 0 saturated carbocycles. The number of nitrogens with one attached hydrogen (secondary N) is 2. The van der Waals surface area contributed by atoms with Gasteiger partial charge in [0.1, 0.15) is 5.01 Å². The zero-order valence-corrected chi connectivity index (χ0v) is 13.9. The molecule has 0 unspecified atom stereocenters. The molecule has 1 aromatic heterocycles. The van der Waals surface area contributed by atoms with E-state index in [0.29, 0.717) is 18.6 Å². The van der Waals surface area contributed by atoms with E-state index in [1.54, 1.807) is 11.3 Å². The van der Waals surface area contributed by atoms with Gasteiger partial charge in [0, 0.05) is 18.6 Å². The number of benzene rings is 1. The second-order valence-electron chi connectivity index (χ2n) is 6.40. The molecule has 2 saturated heterocycles. The molecule has 5 nitrogen and oxygen atoms in total. The van der Waals surface area contributed by atoms with Crippen molar-refractivity contribution in [3.05, 3.63) is 29.3 Å². The van der Waals surface area contributed by atoms with Crippen LogP contribution in [0.1, 0.15) is 30.7 Å². The average molecular weight is 330 g/mol. The van der Waals surface area contributed by atoms with Crippen molar-refractivity contribution < 1.29 is 4.79 Å². The Morgan fingerprint density at radius 2 is 2.17 bits per heavy atom. The Bertz CT molecular complexity index is 668. The minimum Gasteiger partial charge on any atom is -0.334 e. The second kappa shape index (κ2) is 6.45. The summed E-state index contributed by atoms with van der Waals surface area (Å²) in [7, 11) is 0. The van der Waals surface area contributed by atoms with E-state index in [0.717, 1.165) is 23.5 Å². The van der Waals surface area contributed by atoms with Crippen molar-refractivity contribution in [1.82, 2.24) is 20.5 Å². The molecule has 2 fully saturated rings. The first-order valence-corrected chi connectivity index (χ1v) is 9.24. The Hall–Kier alpha value is -1.66. The van der Waals surface area contributed by atoms with Crippen LogP contribution >= 0.6 is 11.3 Å². The van der Waals surface area contributed by atoms with E-state index >= 15 is 0 Å². The van der Waals surface area contributed by atoms with Gasteiger partial charge in [-0.1, -0.05) is 18.6 Å². The van der Waals surface area contributed by atoms with Gasteiger partial charge in [0.15, 0.2) is 0 Å². The summed E-state index contributed by atoms with van der Waals surface area (Å²) in [5.74, 6) is 0. The predicted molar refractivity (Wildman–Crippen MR) is 92.6 cm³/mol. The number of nitrogens with zero attached hydrogens (tertiary/aromatic N) is 2. The zero-order chi connectivity index (χ0) is 15.6. The largest absolute Gasteiger partial charge is 0.334 e. The summed E-state index contributed by atoms with van der Waals surface area (Å²) >= 11 is 1.64. The molecule has 23 heavy (non-hydrogen) atoms. The van der Waals surface area contributed by atoms with E-state index in [-0.39, 0.29) is 6.03 Å². The maximum Gasteiger partial charge on any atom is 0.315 e. The van der Waals surface area contributed by atoms with E-state index in [1.165, 1.54) is 30.5 Å². The smallest absolute Gasteiger partial charge is 0.315 e. The fraction of sp³-hybridized carbons (Fsp3) is 0.529. The molecular formula is C17H22N4OS. The summed E-state index contributed by atoms with van der Waals surface area (Å²) in [6, 6.07) is 8.84.